The topological polar surface area (TPSA) is 66.3 Å². The number of benzene rings is 2. The molecule has 7 heteroatoms. The summed E-state index contributed by atoms with van der Waals surface area (Å²) in [7, 11) is 2.15. The summed E-state index contributed by atoms with van der Waals surface area (Å²) >= 11 is 0. The van der Waals surface area contributed by atoms with E-state index in [4.69, 9.17) is 0 Å². The molecule has 0 radical (unpaired) electrons. The maximum atomic E-state index is 13.3. The molecule has 0 atom stereocenters. The van der Waals surface area contributed by atoms with E-state index in [9.17, 15) is 4.79 Å². The molecule has 1 amide bonds. The van der Waals surface area contributed by atoms with Crippen molar-refractivity contribution >= 4 is 28.1 Å². The van der Waals surface area contributed by atoms with Gasteiger partial charge in [-0.15, -0.1) is 0 Å². The van der Waals surface area contributed by atoms with Gasteiger partial charge in [0.05, 0.1) is 22.6 Å². The Balaban J connectivity index is 1.48. The minimum Gasteiger partial charge on any atom is -0.368 e. The van der Waals surface area contributed by atoms with Crippen molar-refractivity contribution in [2.45, 2.75) is 6.92 Å². The molecule has 0 bridgehead atoms. The number of likely N-dealkylation sites (N-methyl/N-ethyl adjacent to an activating group) is 1. The van der Waals surface area contributed by atoms with Crippen molar-refractivity contribution in [2.75, 3.05) is 43.4 Å². The Morgan fingerprint density at radius 2 is 1.75 bits per heavy atom. The van der Waals surface area contributed by atoms with Gasteiger partial charge >= 0.3 is 0 Å². The third-order valence-corrected chi connectivity index (χ3v) is 6.01. The van der Waals surface area contributed by atoms with Crippen LogP contribution in [0.1, 0.15) is 16.1 Å². The monoisotopic (exact) mass is 426 g/mol. The van der Waals surface area contributed by atoms with E-state index in [0.29, 0.717) is 5.56 Å². The smallest absolute Gasteiger partial charge is 0.257 e. The molecule has 2 aromatic carbocycles. The Kier molecular flexibility index (Phi) is 5.33. The van der Waals surface area contributed by atoms with E-state index in [-0.39, 0.29) is 5.91 Å². The van der Waals surface area contributed by atoms with Crippen molar-refractivity contribution < 1.29 is 4.79 Å². The average Bonchev–Trinajstić information content (AvgIpc) is 3.26. The fraction of sp³-hybridized carbons (Fsp3) is 0.240. The van der Waals surface area contributed by atoms with Crippen molar-refractivity contribution in [1.82, 2.24) is 19.7 Å². The number of rotatable bonds is 4. The van der Waals surface area contributed by atoms with Crippen LogP contribution < -0.4 is 10.2 Å². The average molecular weight is 427 g/mol. The van der Waals surface area contributed by atoms with Crippen LogP contribution in [0, 0.1) is 6.92 Å². The van der Waals surface area contributed by atoms with Crippen molar-refractivity contribution in [3.63, 3.8) is 0 Å². The molecule has 0 aliphatic carbocycles. The van der Waals surface area contributed by atoms with Crippen LogP contribution in [0.4, 0.5) is 11.4 Å². The number of piperazine rings is 1. The van der Waals surface area contributed by atoms with Gasteiger partial charge in [-0.3, -0.25) is 9.78 Å². The molecule has 1 aliphatic heterocycles. The van der Waals surface area contributed by atoms with Crippen LogP contribution in [0.3, 0.4) is 0 Å². The number of anilines is 2. The molecule has 3 heterocycles. The summed E-state index contributed by atoms with van der Waals surface area (Å²) in [5.41, 5.74) is 4.14. The quantitative estimate of drug-likeness (QED) is 0.539. The first kappa shape index (κ1) is 20.2. The predicted molar refractivity (Wildman–Crippen MR) is 128 cm³/mol. The van der Waals surface area contributed by atoms with Gasteiger partial charge < -0.3 is 15.1 Å². The van der Waals surface area contributed by atoms with Crippen molar-refractivity contribution in [2.24, 2.45) is 0 Å². The fourth-order valence-corrected chi connectivity index (χ4v) is 4.21. The van der Waals surface area contributed by atoms with Crippen molar-refractivity contribution in [3.8, 4) is 5.69 Å². The second kappa shape index (κ2) is 8.43. The number of aromatic nitrogens is 3. The Hall–Kier alpha value is -3.71. The van der Waals surface area contributed by atoms with E-state index in [2.05, 4.69) is 38.3 Å². The molecule has 0 saturated carbocycles. The highest BCUT2D eigenvalue weighted by atomic mass is 16.1. The number of carbonyl (C=O) groups is 1. The molecule has 162 valence electrons. The summed E-state index contributed by atoms with van der Waals surface area (Å²) in [6, 6.07) is 15.5. The van der Waals surface area contributed by atoms with E-state index >= 15 is 0 Å². The molecule has 5 rings (SSSR count). The highest BCUT2D eigenvalue weighted by molar-refractivity contribution is 6.12. The normalized spacial score (nSPS) is 14.6. The third-order valence-electron chi connectivity index (χ3n) is 6.01. The van der Waals surface area contributed by atoms with Gasteiger partial charge in [-0.05, 0) is 50.4 Å². The summed E-state index contributed by atoms with van der Waals surface area (Å²) in [5, 5.41) is 9.61. The van der Waals surface area contributed by atoms with Crippen LogP contribution in [0.5, 0.6) is 0 Å². The highest BCUT2D eigenvalue weighted by Crippen LogP contribution is 2.33. The molecule has 7 nitrogen and oxygen atoms in total. The van der Waals surface area contributed by atoms with Crippen LogP contribution in [-0.4, -0.2) is 58.8 Å². The first-order valence-corrected chi connectivity index (χ1v) is 10.8. The van der Waals surface area contributed by atoms with Crippen LogP contribution in [0.25, 0.3) is 16.5 Å². The summed E-state index contributed by atoms with van der Waals surface area (Å²) < 4.78 is 1.74. The van der Waals surface area contributed by atoms with Gasteiger partial charge in [0.1, 0.15) is 0 Å². The van der Waals surface area contributed by atoms with Crippen molar-refractivity contribution in [1.29, 1.82) is 0 Å². The van der Waals surface area contributed by atoms with E-state index in [0.717, 1.165) is 54.0 Å². The maximum absolute atomic E-state index is 13.3. The molecule has 0 unspecified atom stereocenters. The molecule has 2 aromatic heterocycles. The molecule has 1 N–H and O–H groups in total. The zero-order valence-corrected chi connectivity index (χ0v) is 18.3. The largest absolute Gasteiger partial charge is 0.368 e. The Morgan fingerprint density at radius 1 is 0.938 bits per heavy atom. The fourth-order valence-electron chi connectivity index (χ4n) is 4.21. The van der Waals surface area contributed by atoms with Crippen LogP contribution in [0.2, 0.25) is 0 Å². The molecule has 1 aliphatic rings. The lowest BCUT2D eigenvalue weighted by Gasteiger charge is -2.34. The van der Waals surface area contributed by atoms with Gasteiger partial charge in [-0.25, -0.2) is 4.68 Å². The molecule has 0 spiro atoms. The van der Waals surface area contributed by atoms with E-state index in [1.54, 1.807) is 4.68 Å². The zero-order chi connectivity index (χ0) is 22.1. The Morgan fingerprint density at radius 3 is 2.53 bits per heavy atom. The first-order chi connectivity index (χ1) is 15.6. The number of fused-ring (bicyclic) bond motifs is 1. The van der Waals surface area contributed by atoms with Gasteiger partial charge in [-0.2, -0.15) is 5.10 Å². The van der Waals surface area contributed by atoms with Crippen LogP contribution in [-0.2, 0) is 0 Å². The number of para-hydroxylation sites is 1. The molecule has 32 heavy (non-hydrogen) atoms. The second-order valence-corrected chi connectivity index (χ2v) is 8.22. The molecule has 4 aromatic rings. The minimum absolute atomic E-state index is 0.175. The Labute approximate surface area is 187 Å². The number of aryl methyl sites for hydroxylation is 1. The number of nitrogens with zero attached hydrogens (tertiary/aromatic N) is 5. The third kappa shape index (κ3) is 3.83. The highest BCUT2D eigenvalue weighted by Gasteiger charge is 2.19. The summed E-state index contributed by atoms with van der Waals surface area (Å²) in [4.78, 5) is 22.4. The zero-order valence-electron chi connectivity index (χ0n) is 18.3. The van der Waals surface area contributed by atoms with Gasteiger partial charge in [0.15, 0.2) is 0 Å². The van der Waals surface area contributed by atoms with Crippen molar-refractivity contribution in [3.05, 3.63) is 78.4 Å². The molecule has 1 fully saturated rings. The molecular weight excluding hydrogens is 400 g/mol. The number of carbonyl (C=O) groups excluding carboxylic acids is 1. The lowest BCUT2D eigenvalue weighted by Crippen LogP contribution is -2.44. The number of pyridine rings is 1. The first-order valence-electron chi connectivity index (χ1n) is 10.8. The standard InChI is InChI=1S/C25H26N6O/c1-18-10-12-31(28-18)24-6-4-3-5-20(24)25(32)27-22-7-8-23(19-9-11-26-17-21(19)22)30-15-13-29(2)14-16-30/h3-12,17H,13-16H2,1-2H3,(H,27,32). The predicted octanol–water partition coefficient (Wildman–Crippen LogP) is 3.73. The van der Waals surface area contributed by atoms with Crippen LogP contribution >= 0.6 is 0 Å². The maximum Gasteiger partial charge on any atom is 0.257 e. The number of nitrogens with one attached hydrogen (secondary N) is 1. The lowest BCUT2D eigenvalue weighted by atomic mass is 10.1. The second-order valence-electron chi connectivity index (χ2n) is 8.22. The van der Waals surface area contributed by atoms with Gasteiger partial charge in [0.25, 0.3) is 5.91 Å². The summed E-state index contributed by atoms with van der Waals surface area (Å²) in [6.45, 7) is 5.97. The summed E-state index contributed by atoms with van der Waals surface area (Å²) in [6.07, 6.45) is 5.50. The molecular formula is C25H26N6O. The van der Waals surface area contributed by atoms with E-state index in [1.165, 1.54) is 5.69 Å². The summed E-state index contributed by atoms with van der Waals surface area (Å²) in [5.74, 6) is -0.175. The lowest BCUT2D eigenvalue weighted by molar-refractivity contribution is 0.102. The van der Waals surface area contributed by atoms with Gasteiger partial charge in [-0.1, -0.05) is 12.1 Å². The minimum atomic E-state index is -0.175. The van der Waals surface area contributed by atoms with E-state index in [1.807, 2.05) is 68.0 Å². The Bertz CT molecular complexity index is 1270. The molecule has 1 saturated heterocycles. The number of hydrogen-bond acceptors (Lipinski definition) is 5. The number of amides is 1. The SMILES string of the molecule is Cc1ccn(-c2ccccc2C(=O)Nc2ccc(N3CCN(C)CC3)c3ccncc23)n1. The van der Waals surface area contributed by atoms with E-state index < -0.39 is 0 Å². The van der Waals surface area contributed by atoms with Gasteiger partial charge in [0, 0.05) is 61.2 Å². The van der Waals surface area contributed by atoms with Crippen LogP contribution in [0.15, 0.2) is 67.1 Å². The number of hydrogen-bond donors (Lipinski definition) is 1. The van der Waals surface area contributed by atoms with Gasteiger partial charge in [0.2, 0.25) is 0 Å².